The average molecular weight is 579 g/mol. The minimum Gasteiger partial charge on any atom is -0.402 e. The second kappa shape index (κ2) is 11.2. The molecule has 2 aromatic heterocycles. The number of nitrogens with zero attached hydrogens (tertiary/aromatic N) is 4. The molecule has 2 aromatic carbocycles. The second-order valence-electron chi connectivity index (χ2n) is 9.89. The smallest absolute Gasteiger partial charge is 0.227 e. The summed E-state index contributed by atoms with van der Waals surface area (Å²) >= 11 is 5.80. The van der Waals surface area contributed by atoms with Gasteiger partial charge in [0.05, 0.1) is 29.2 Å². The number of aromatic nitrogens is 3. The molecule has 0 bridgehead atoms. The molecule has 41 heavy (non-hydrogen) atoms. The van der Waals surface area contributed by atoms with E-state index in [9.17, 15) is 18.4 Å². The number of amides is 2. The molecule has 1 saturated heterocycles. The van der Waals surface area contributed by atoms with Crippen molar-refractivity contribution in [3.8, 4) is 11.1 Å². The summed E-state index contributed by atoms with van der Waals surface area (Å²) in [4.78, 5) is 31.8. The molecule has 5 rings (SSSR count). The molecule has 9 nitrogen and oxygen atoms in total. The molecular weight excluding hydrogens is 550 g/mol. The number of nitrogens with two attached hydrogens (primary N) is 1. The number of hydrogen-bond donors (Lipinski definition) is 2. The highest BCUT2D eigenvalue weighted by Crippen LogP contribution is 2.38. The highest BCUT2D eigenvalue weighted by Gasteiger charge is 2.35. The first-order valence-corrected chi connectivity index (χ1v) is 13.4. The predicted molar refractivity (Wildman–Crippen MR) is 154 cm³/mol. The summed E-state index contributed by atoms with van der Waals surface area (Å²) in [7, 11) is 1.51. The zero-order valence-electron chi connectivity index (χ0n) is 22.7. The van der Waals surface area contributed by atoms with Crippen molar-refractivity contribution in [1.82, 2.24) is 20.0 Å². The number of thiocarbonyl (C=S) groups is 1. The van der Waals surface area contributed by atoms with Crippen molar-refractivity contribution in [2.24, 2.45) is 5.73 Å². The van der Waals surface area contributed by atoms with E-state index in [0.717, 1.165) is 29.0 Å². The fourth-order valence-corrected chi connectivity index (χ4v) is 5.57. The number of carbonyl (C=O) groups excluding carboxylic acids is 2. The summed E-state index contributed by atoms with van der Waals surface area (Å²) in [6.07, 6.45) is 2.78. The topological polar surface area (TPSA) is 119 Å². The van der Waals surface area contributed by atoms with Gasteiger partial charge in [0.1, 0.15) is 16.6 Å². The van der Waals surface area contributed by atoms with E-state index in [1.807, 2.05) is 32.0 Å². The number of benzene rings is 2. The van der Waals surface area contributed by atoms with Crippen molar-refractivity contribution in [3.63, 3.8) is 0 Å². The molecule has 212 valence electrons. The Morgan fingerprint density at radius 2 is 2.00 bits per heavy atom. The van der Waals surface area contributed by atoms with Gasteiger partial charge in [0, 0.05) is 36.5 Å². The van der Waals surface area contributed by atoms with Gasteiger partial charge in [0.2, 0.25) is 11.8 Å². The van der Waals surface area contributed by atoms with Crippen LogP contribution >= 0.6 is 12.2 Å². The fourth-order valence-electron chi connectivity index (χ4n) is 5.23. The summed E-state index contributed by atoms with van der Waals surface area (Å²) in [6, 6.07) is 8.38. The molecule has 2 amide bonds. The van der Waals surface area contributed by atoms with Gasteiger partial charge in [-0.15, -0.1) is 0 Å². The number of anilines is 1. The molecule has 0 aliphatic carbocycles. The third-order valence-corrected chi connectivity index (χ3v) is 7.40. The van der Waals surface area contributed by atoms with Crippen LogP contribution in [0, 0.1) is 25.5 Å². The number of halogens is 2. The van der Waals surface area contributed by atoms with Crippen molar-refractivity contribution in [1.29, 1.82) is 0 Å². The van der Waals surface area contributed by atoms with Crippen LogP contribution in [0.15, 0.2) is 52.7 Å². The van der Waals surface area contributed by atoms with Gasteiger partial charge in [-0.2, -0.15) is 0 Å². The lowest BCUT2D eigenvalue weighted by molar-refractivity contribution is -0.121. The summed E-state index contributed by atoms with van der Waals surface area (Å²) < 4.78 is 35.1. The van der Waals surface area contributed by atoms with Gasteiger partial charge >= 0.3 is 0 Å². The van der Waals surface area contributed by atoms with E-state index in [0.29, 0.717) is 35.5 Å². The van der Waals surface area contributed by atoms with Gasteiger partial charge in [-0.1, -0.05) is 23.4 Å². The van der Waals surface area contributed by atoms with Crippen LogP contribution in [0.5, 0.6) is 0 Å². The summed E-state index contributed by atoms with van der Waals surface area (Å²) in [5.41, 5.74) is 10.2. The van der Waals surface area contributed by atoms with Crippen LogP contribution in [-0.2, 0) is 9.59 Å². The van der Waals surface area contributed by atoms with Crippen LogP contribution in [-0.4, -0.2) is 38.6 Å². The van der Waals surface area contributed by atoms with Crippen LogP contribution in [0.1, 0.15) is 49.0 Å². The quantitative estimate of drug-likeness (QED) is 0.244. The normalized spacial score (nSPS) is 15.9. The number of allylic oxidation sites excluding steroid dienone is 1. The number of piperidine rings is 1. The number of hydrogen-bond acceptors (Lipinski definition) is 7. The molecule has 4 aromatic rings. The standard InChI is InChI=1S/C29H28F2N6O3S/c1-15-28(16(2)40-35-15)17-7-10-23-22(11-17)34-29(37(23)27(41)13-18(32)12-25(38)33-3)24-5-4-6-26(39)36(24)19-8-9-20(30)21(31)14-19/h7-11,13-14,24H,4-6,12,32H2,1-3H3,(H,33,38). The van der Waals surface area contributed by atoms with E-state index >= 15 is 0 Å². The Kier molecular flexibility index (Phi) is 7.68. The SMILES string of the molecule is CNC(=O)CC(N)=CC(=S)n1c(C2CCCC(=O)N2c2ccc(F)c(F)c2)nc2cc(-c3c(C)noc3C)ccc21. The van der Waals surface area contributed by atoms with Crippen molar-refractivity contribution in [3.05, 3.63) is 77.1 Å². The third kappa shape index (κ3) is 5.34. The number of carbonyl (C=O) groups is 2. The van der Waals surface area contributed by atoms with Crippen molar-refractivity contribution < 1.29 is 22.9 Å². The Labute approximate surface area is 240 Å². The summed E-state index contributed by atoms with van der Waals surface area (Å²) in [5.74, 6) is -1.50. The zero-order chi connectivity index (χ0) is 29.4. The molecule has 0 saturated carbocycles. The van der Waals surface area contributed by atoms with Crippen molar-refractivity contribution in [2.75, 3.05) is 11.9 Å². The average Bonchev–Trinajstić information content (AvgIpc) is 3.48. The van der Waals surface area contributed by atoms with Gasteiger partial charge in [0.25, 0.3) is 0 Å². The minimum absolute atomic E-state index is 0.0578. The largest absolute Gasteiger partial charge is 0.402 e. The maximum Gasteiger partial charge on any atom is 0.227 e. The highest BCUT2D eigenvalue weighted by atomic mass is 32.1. The molecule has 1 atom stereocenters. The highest BCUT2D eigenvalue weighted by molar-refractivity contribution is 7.80. The molecule has 3 heterocycles. The lowest BCUT2D eigenvalue weighted by Gasteiger charge is -2.35. The molecule has 3 N–H and O–H groups in total. The predicted octanol–water partition coefficient (Wildman–Crippen LogP) is 5.00. The molecule has 12 heteroatoms. The van der Waals surface area contributed by atoms with Gasteiger partial charge in [0.15, 0.2) is 11.6 Å². The summed E-state index contributed by atoms with van der Waals surface area (Å²) in [5, 5.41) is 6.57. The first kappa shape index (κ1) is 28.1. The van der Waals surface area contributed by atoms with E-state index < -0.39 is 17.7 Å². The Morgan fingerprint density at radius 3 is 2.68 bits per heavy atom. The van der Waals surface area contributed by atoms with E-state index in [4.69, 9.17) is 27.5 Å². The molecule has 1 aliphatic rings. The van der Waals surface area contributed by atoms with Crippen LogP contribution in [0.4, 0.5) is 14.5 Å². The lowest BCUT2D eigenvalue weighted by Crippen LogP contribution is -2.40. The number of imidazole rings is 1. The van der Waals surface area contributed by atoms with Crippen LogP contribution < -0.4 is 16.0 Å². The van der Waals surface area contributed by atoms with Gasteiger partial charge in [-0.3, -0.25) is 14.2 Å². The fraction of sp³-hybridized carbons (Fsp3) is 0.276. The number of nitrogens with one attached hydrogen (secondary N) is 1. The summed E-state index contributed by atoms with van der Waals surface area (Å²) in [6.45, 7) is 3.68. The van der Waals surface area contributed by atoms with Gasteiger partial charge in [-0.25, -0.2) is 13.8 Å². The third-order valence-electron chi connectivity index (χ3n) is 7.10. The number of aryl methyl sites for hydroxylation is 2. The van der Waals surface area contributed by atoms with Crippen LogP contribution in [0.3, 0.4) is 0 Å². The Hall–Kier alpha value is -4.45. The van der Waals surface area contributed by atoms with Gasteiger partial charge in [-0.05, 0) is 62.6 Å². The molecule has 0 spiro atoms. The molecular formula is C29H28F2N6O3S. The Balaban J connectivity index is 1.69. The first-order valence-electron chi connectivity index (χ1n) is 13.0. The van der Waals surface area contributed by atoms with Crippen molar-refractivity contribution >= 4 is 45.7 Å². The second-order valence-corrected chi connectivity index (χ2v) is 10.3. The lowest BCUT2D eigenvalue weighted by atomic mass is 9.99. The number of fused-ring (bicyclic) bond motifs is 1. The maximum absolute atomic E-state index is 14.3. The molecule has 1 aliphatic heterocycles. The minimum atomic E-state index is -1.06. The molecule has 0 radical (unpaired) electrons. The van der Waals surface area contributed by atoms with Crippen molar-refractivity contribution in [2.45, 2.75) is 45.6 Å². The van der Waals surface area contributed by atoms with Crippen LogP contribution in [0.25, 0.3) is 22.2 Å². The van der Waals surface area contributed by atoms with E-state index in [1.54, 1.807) is 4.57 Å². The first-order chi connectivity index (χ1) is 19.6. The maximum atomic E-state index is 14.3. The van der Waals surface area contributed by atoms with Gasteiger partial charge < -0.3 is 20.5 Å². The van der Waals surface area contributed by atoms with E-state index in [1.165, 1.54) is 24.1 Å². The molecule has 1 fully saturated rings. The Bertz CT molecular complexity index is 1710. The van der Waals surface area contributed by atoms with E-state index in [2.05, 4.69) is 10.5 Å². The monoisotopic (exact) mass is 578 g/mol. The molecule has 1 unspecified atom stereocenters. The van der Waals surface area contributed by atoms with E-state index in [-0.39, 0.29) is 41.0 Å². The zero-order valence-corrected chi connectivity index (χ0v) is 23.5. The van der Waals surface area contributed by atoms with Crippen LogP contribution in [0.2, 0.25) is 0 Å². The Morgan fingerprint density at radius 1 is 1.22 bits per heavy atom. The number of rotatable bonds is 6.